The smallest absolute Gasteiger partial charge is 0.0876 e. The van der Waals surface area contributed by atoms with Crippen LogP contribution in [0.2, 0.25) is 0 Å². The largest absolute Gasteiger partial charge is 0.381 e. The van der Waals surface area contributed by atoms with Crippen LogP contribution in [0.15, 0.2) is 0 Å². The molecule has 102 valence electrons. The summed E-state index contributed by atoms with van der Waals surface area (Å²) in [5.41, 5.74) is 6.31. The summed E-state index contributed by atoms with van der Waals surface area (Å²) in [6.45, 7) is 8.88. The van der Waals surface area contributed by atoms with E-state index in [1.807, 2.05) is 0 Å². The summed E-state index contributed by atoms with van der Waals surface area (Å²) in [7, 11) is 0. The minimum atomic E-state index is -0.129. The van der Waals surface area contributed by atoms with Crippen LogP contribution >= 0.6 is 0 Å². The zero-order valence-electron chi connectivity index (χ0n) is 11.7. The Kier molecular flexibility index (Phi) is 6.45. The Balaban J connectivity index is 2.61. The molecular weight excluding hydrogens is 214 g/mol. The zero-order chi connectivity index (χ0) is 12.7. The molecule has 1 atom stereocenters. The van der Waals surface area contributed by atoms with Crippen LogP contribution in [0.4, 0.5) is 0 Å². The molecule has 0 aromatic carbocycles. The van der Waals surface area contributed by atoms with Gasteiger partial charge in [0.2, 0.25) is 0 Å². The predicted octanol–water partition coefficient (Wildman–Crippen LogP) is 2.73. The highest BCUT2D eigenvalue weighted by Gasteiger charge is 2.39. The van der Waals surface area contributed by atoms with Gasteiger partial charge in [-0.25, -0.2) is 0 Å². The van der Waals surface area contributed by atoms with Crippen LogP contribution in [0.1, 0.15) is 52.9 Å². The van der Waals surface area contributed by atoms with Gasteiger partial charge in [0.05, 0.1) is 5.60 Å². The molecule has 1 fully saturated rings. The maximum Gasteiger partial charge on any atom is 0.0876 e. The van der Waals surface area contributed by atoms with Crippen molar-refractivity contribution in [2.75, 3.05) is 19.8 Å². The van der Waals surface area contributed by atoms with Crippen molar-refractivity contribution in [1.82, 2.24) is 0 Å². The van der Waals surface area contributed by atoms with Crippen molar-refractivity contribution in [3.8, 4) is 0 Å². The molecule has 0 bridgehead atoms. The Bertz CT molecular complexity index is 193. The Morgan fingerprint density at radius 3 is 2.24 bits per heavy atom. The molecule has 0 amide bonds. The summed E-state index contributed by atoms with van der Waals surface area (Å²) in [6.07, 6.45) is 5.39. The lowest BCUT2D eigenvalue weighted by Crippen LogP contribution is -2.54. The standard InChI is InChI=1S/C14H29NO2/c1-4-12(5-2)11-13(15)14(17-6-3)7-9-16-10-8-14/h12-13H,4-11,15H2,1-3H3. The first-order valence-corrected chi connectivity index (χ1v) is 7.15. The highest BCUT2D eigenvalue weighted by Crippen LogP contribution is 2.32. The maximum absolute atomic E-state index is 6.44. The second-order valence-electron chi connectivity index (χ2n) is 5.13. The van der Waals surface area contributed by atoms with Gasteiger partial charge in [-0.05, 0) is 19.3 Å². The van der Waals surface area contributed by atoms with E-state index in [1.165, 1.54) is 12.8 Å². The molecule has 0 aliphatic carbocycles. The second-order valence-corrected chi connectivity index (χ2v) is 5.13. The Morgan fingerprint density at radius 1 is 1.18 bits per heavy atom. The molecule has 2 N–H and O–H groups in total. The lowest BCUT2D eigenvalue weighted by atomic mass is 9.80. The molecule has 1 rings (SSSR count). The zero-order valence-corrected chi connectivity index (χ0v) is 11.7. The highest BCUT2D eigenvalue weighted by molar-refractivity contribution is 4.94. The van der Waals surface area contributed by atoms with E-state index in [2.05, 4.69) is 20.8 Å². The number of nitrogens with two attached hydrogens (primary N) is 1. The van der Waals surface area contributed by atoms with Crippen molar-refractivity contribution in [2.24, 2.45) is 11.7 Å². The fourth-order valence-corrected chi connectivity index (χ4v) is 2.82. The summed E-state index contributed by atoms with van der Waals surface area (Å²) in [5, 5.41) is 0. The molecule has 3 heteroatoms. The van der Waals surface area contributed by atoms with Crippen LogP contribution in [0, 0.1) is 5.92 Å². The lowest BCUT2D eigenvalue weighted by Gasteiger charge is -2.42. The van der Waals surface area contributed by atoms with Crippen molar-refractivity contribution in [3.05, 3.63) is 0 Å². The predicted molar refractivity (Wildman–Crippen MR) is 71.1 cm³/mol. The monoisotopic (exact) mass is 243 g/mol. The van der Waals surface area contributed by atoms with Crippen molar-refractivity contribution in [2.45, 2.75) is 64.5 Å². The molecule has 0 radical (unpaired) electrons. The molecule has 1 heterocycles. The average Bonchev–Trinajstić information content (AvgIpc) is 2.37. The Morgan fingerprint density at radius 2 is 1.76 bits per heavy atom. The quantitative estimate of drug-likeness (QED) is 0.747. The maximum atomic E-state index is 6.44. The van der Waals surface area contributed by atoms with E-state index in [0.29, 0.717) is 0 Å². The fourth-order valence-electron chi connectivity index (χ4n) is 2.82. The van der Waals surface area contributed by atoms with Gasteiger partial charge in [-0.2, -0.15) is 0 Å². The molecule has 1 saturated heterocycles. The van der Waals surface area contributed by atoms with Crippen molar-refractivity contribution in [3.63, 3.8) is 0 Å². The molecule has 3 nitrogen and oxygen atoms in total. The summed E-state index contributed by atoms with van der Waals surface area (Å²) in [6, 6.07) is 0.149. The van der Waals surface area contributed by atoms with Crippen LogP contribution < -0.4 is 5.73 Å². The van der Waals surface area contributed by atoms with Crippen LogP contribution in [-0.4, -0.2) is 31.5 Å². The topological polar surface area (TPSA) is 44.5 Å². The number of hydrogen-bond donors (Lipinski definition) is 1. The van der Waals surface area contributed by atoms with Crippen LogP contribution in [0.3, 0.4) is 0 Å². The lowest BCUT2D eigenvalue weighted by molar-refractivity contribution is -0.123. The summed E-state index contributed by atoms with van der Waals surface area (Å²) in [4.78, 5) is 0. The number of hydrogen-bond acceptors (Lipinski definition) is 3. The molecule has 0 aromatic rings. The number of rotatable bonds is 7. The summed E-state index contributed by atoms with van der Waals surface area (Å²) >= 11 is 0. The van der Waals surface area contributed by atoms with Crippen molar-refractivity contribution in [1.29, 1.82) is 0 Å². The van der Waals surface area contributed by atoms with Crippen LogP contribution in [0.5, 0.6) is 0 Å². The highest BCUT2D eigenvalue weighted by atomic mass is 16.5. The van der Waals surface area contributed by atoms with Crippen molar-refractivity contribution < 1.29 is 9.47 Å². The molecule has 0 saturated carbocycles. The fraction of sp³-hybridized carbons (Fsp3) is 1.00. The Hall–Kier alpha value is -0.120. The van der Waals surface area contributed by atoms with Gasteiger partial charge in [-0.15, -0.1) is 0 Å². The molecule has 1 unspecified atom stereocenters. The van der Waals surface area contributed by atoms with Gasteiger partial charge in [0, 0.05) is 38.7 Å². The van der Waals surface area contributed by atoms with E-state index in [1.54, 1.807) is 0 Å². The van der Waals surface area contributed by atoms with E-state index < -0.39 is 0 Å². The third-order valence-electron chi connectivity index (χ3n) is 4.19. The third-order valence-corrected chi connectivity index (χ3v) is 4.19. The first kappa shape index (κ1) is 14.9. The van der Waals surface area contributed by atoms with Gasteiger partial charge < -0.3 is 15.2 Å². The third kappa shape index (κ3) is 3.94. The van der Waals surface area contributed by atoms with Crippen molar-refractivity contribution >= 4 is 0 Å². The van der Waals surface area contributed by atoms with E-state index in [4.69, 9.17) is 15.2 Å². The van der Waals surface area contributed by atoms with Gasteiger partial charge in [-0.3, -0.25) is 0 Å². The van der Waals surface area contributed by atoms with Gasteiger partial charge in [0.15, 0.2) is 0 Å². The molecular formula is C14H29NO2. The first-order valence-electron chi connectivity index (χ1n) is 7.15. The van der Waals surface area contributed by atoms with Gasteiger partial charge >= 0.3 is 0 Å². The van der Waals surface area contributed by atoms with Crippen LogP contribution in [-0.2, 0) is 9.47 Å². The van der Waals surface area contributed by atoms with Crippen LogP contribution in [0.25, 0.3) is 0 Å². The Labute approximate surface area is 106 Å². The molecule has 0 aromatic heterocycles. The van der Waals surface area contributed by atoms with Gasteiger partial charge in [0.1, 0.15) is 0 Å². The average molecular weight is 243 g/mol. The minimum absolute atomic E-state index is 0.129. The minimum Gasteiger partial charge on any atom is -0.381 e. The molecule has 1 aliphatic heterocycles. The normalized spacial score (nSPS) is 21.7. The number of ether oxygens (including phenoxy) is 2. The molecule has 1 aliphatic rings. The second kappa shape index (κ2) is 7.34. The molecule has 17 heavy (non-hydrogen) atoms. The first-order chi connectivity index (χ1) is 8.18. The molecule has 0 spiro atoms. The van der Waals surface area contributed by atoms with E-state index in [0.717, 1.165) is 45.0 Å². The van der Waals surface area contributed by atoms with E-state index in [9.17, 15) is 0 Å². The summed E-state index contributed by atoms with van der Waals surface area (Å²) in [5.74, 6) is 0.727. The SMILES string of the molecule is CCOC1(C(N)CC(CC)CC)CCOCC1. The van der Waals surface area contributed by atoms with Gasteiger partial charge in [0.25, 0.3) is 0 Å². The van der Waals surface area contributed by atoms with E-state index >= 15 is 0 Å². The van der Waals surface area contributed by atoms with E-state index in [-0.39, 0.29) is 11.6 Å². The van der Waals surface area contributed by atoms with Gasteiger partial charge in [-0.1, -0.05) is 26.7 Å². The summed E-state index contributed by atoms with van der Waals surface area (Å²) < 4.78 is 11.5.